The van der Waals surface area contributed by atoms with Crippen LogP contribution in [0, 0.1) is 12.8 Å². The van der Waals surface area contributed by atoms with Crippen LogP contribution in [0.1, 0.15) is 63.5 Å². The van der Waals surface area contributed by atoms with Crippen LogP contribution in [0.2, 0.25) is 0 Å². The minimum Gasteiger partial charge on any atom is -0.356 e. The number of hydrogen-bond acceptors (Lipinski definition) is 5. The van der Waals surface area contributed by atoms with E-state index in [9.17, 15) is 4.79 Å². The number of nitrogens with one attached hydrogen (secondary N) is 2. The van der Waals surface area contributed by atoms with Crippen molar-refractivity contribution in [3.63, 3.8) is 0 Å². The average molecular weight is 360 g/mol. The number of carbonyl (C=O) groups excluding carboxylic acids is 1. The molecule has 2 aliphatic rings. The van der Waals surface area contributed by atoms with E-state index in [1.165, 1.54) is 44.9 Å². The first-order chi connectivity index (χ1) is 12.7. The Labute approximate surface area is 157 Å². The second-order valence-electron chi connectivity index (χ2n) is 7.70. The molecule has 6 nitrogen and oxygen atoms in total. The summed E-state index contributed by atoms with van der Waals surface area (Å²) in [7, 11) is 0. The Kier molecular flexibility index (Phi) is 7.09. The number of carbonyl (C=O) groups is 1. The van der Waals surface area contributed by atoms with Crippen LogP contribution >= 0.6 is 0 Å². The van der Waals surface area contributed by atoms with Crippen molar-refractivity contribution in [1.29, 1.82) is 0 Å². The van der Waals surface area contributed by atoms with Crippen LogP contribution in [0.5, 0.6) is 0 Å². The molecule has 2 N–H and O–H groups in total. The van der Waals surface area contributed by atoms with E-state index in [1.807, 2.05) is 6.92 Å². The Hall–Kier alpha value is -1.85. The first-order valence-electron chi connectivity index (χ1n) is 10.3. The number of nitrogens with zero attached hydrogens (tertiary/aromatic N) is 3. The van der Waals surface area contributed by atoms with Gasteiger partial charge in [0.2, 0.25) is 11.9 Å². The number of aromatic nitrogens is 2. The van der Waals surface area contributed by atoms with E-state index < -0.39 is 0 Å². The molecule has 0 unspecified atom stereocenters. The first-order valence-corrected chi connectivity index (χ1v) is 10.3. The number of anilines is 2. The summed E-state index contributed by atoms with van der Waals surface area (Å²) in [4.78, 5) is 23.4. The molecule has 0 radical (unpaired) electrons. The maximum atomic E-state index is 11.9. The zero-order valence-electron chi connectivity index (χ0n) is 16.1. The van der Waals surface area contributed by atoms with Gasteiger partial charge < -0.3 is 15.5 Å². The molecule has 1 aliphatic heterocycles. The van der Waals surface area contributed by atoms with Gasteiger partial charge in [0.1, 0.15) is 5.82 Å². The summed E-state index contributed by atoms with van der Waals surface area (Å²) < 4.78 is 0. The third kappa shape index (κ3) is 5.85. The lowest BCUT2D eigenvalue weighted by atomic mass is 10.0. The van der Waals surface area contributed by atoms with Gasteiger partial charge in [-0.05, 0) is 38.5 Å². The molecule has 3 rings (SSSR count). The Bertz CT molecular complexity index is 580. The summed E-state index contributed by atoms with van der Waals surface area (Å²) in [5, 5.41) is 6.26. The Morgan fingerprint density at radius 1 is 1.12 bits per heavy atom. The van der Waals surface area contributed by atoms with Gasteiger partial charge in [-0.1, -0.05) is 25.7 Å². The number of aryl methyl sites for hydroxylation is 1. The number of piperidine rings is 1. The van der Waals surface area contributed by atoms with Crippen molar-refractivity contribution >= 4 is 17.7 Å². The summed E-state index contributed by atoms with van der Waals surface area (Å²) in [5.74, 6) is 2.61. The molecule has 26 heavy (non-hydrogen) atoms. The smallest absolute Gasteiger partial charge is 0.224 e. The predicted molar refractivity (Wildman–Crippen MR) is 106 cm³/mol. The van der Waals surface area contributed by atoms with Crippen molar-refractivity contribution in [3.8, 4) is 0 Å². The summed E-state index contributed by atoms with van der Waals surface area (Å²) >= 11 is 0. The van der Waals surface area contributed by atoms with Crippen LogP contribution in [0.4, 0.5) is 11.8 Å². The van der Waals surface area contributed by atoms with Crippen LogP contribution in [0.15, 0.2) is 6.07 Å². The highest BCUT2D eigenvalue weighted by Gasteiger charge is 2.16. The quantitative estimate of drug-likeness (QED) is 0.697. The molecule has 2 heterocycles. The topological polar surface area (TPSA) is 70.2 Å². The SMILES string of the molecule is Cc1cc(N2CCCCC2)nc(NCCNC(=O)CCC2CCCC2)n1. The molecule has 1 saturated heterocycles. The summed E-state index contributed by atoms with van der Waals surface area (Å²) in [6, 6.07) is 2.06. The Morgan fingerprint density at radius 3 is 2.65 bits per heavy atom. The van der Waals surface area contributed by atoms with Crippen LogP contribution in [-0.2, 0) is 4.79 Å². The molecule has 0 bridgehead atoms. The standard InChI is InChI=1S/C20H33N5O/c1-16-15-18(25-13-5-2-6-14-25)24-20(23-16)22-12-11-21-19(26)10-9-17-7-3-4-8-17/h15,17H,2-14H2,1H3,(H,21,26)(H,22,23,24). The summed E-state index contributed by atoms with van der Waals surface area (Å²) in [6.45, 7) is 5.42. The van der Waals surface area contributed by atoms with Gasteiger partial charge in [-0.2, -0.15) is 4.98 Å². The van der Waals surface area contributed by atoms with E-state index >= 15 is 0 Å². The monoisotopic (exact) mass is 359 g/mol. The molecular formula is C20H33N5O. The Balaban J connectivity index is 1.38. The van der Waals surface area contributed by atoms with Gasteiger partial charge in [-0.3, -0.25) is 4.79 Å². The van der Waals surface area contributed by atoms with Gasteiger partial charge in [0.05, 0.1) is 0 Å². The van der Waals surface area contributed by atoms with Gasteiger partial charge in [0, 0.05) is 44.4 Å². The van der Waals surface area contributed by atoms with Crippen LogP contribution in [-0.4, -0.2) is 42.1 Å². The number of amides is 1. The number of hydrogen-bond donors (Lipinski definition) is 2. The molecule has 1 amide bonds. The zero-order valence-corrected chi connectivity index (χ0v) is 16.1. The van der Waals surface area contributed by atoms with Crippen molar-refractivity contribution < 1.29 is 4.79 Å². The van der Waals surface area contributed by atoms with Gasteiger partial charge in [-0.15, -0.1) is 0 Å². The fourth-order valence-electron chi connectivity index (χ4n) is 4.01. The highest BCUT2D eigenvalue weighted by atomic mass is 16.1. The normalized spacial score (nSPS) is 18.1. The maximum Gasteiger partial charge on any atom is 0.224 e. The zero-order chi connectivity index (χ0) is 18.2. The van der Waals surface area contributed by atoms with E-state index in [1.54, 1.807) is 0 Å². The van der Waals surface area contributed by atoms with Crippen molar-refractivity contribution in [2.45, 2.75) is 64.7 Å². The van der Waals surface area contributed by atoms with E-state index in [-0.39, 0.29) is 5.91 Å². The van der Waals surface area contributed by atoms with Crippen molar-refractivity contribution in [1.82, 2.24) is 15.3 Å². The van der Waals surface area contributed by atoms with Gasteiger partial charge in [0.15, 0.2) is 0 Å². The van der Waals surface area contributed by atoms with Crippen LogP contribution < -0.4 is 15.5 Å². The Morgan fingerprint density at radius 2 is 1.88 bits per heavy atom. The predicted octanol–water partition coefficient (Wildman–Crippen LogP) is 3.27. The van der Waals surface area contributed by atoms with Crippen molar-refractivity contribution in [3.05, 3.63) is 11.8 Å². The van der Waals surface area contributed by atoms with Crippen LogP contribution in [0.3, 0.4) is 0 Å². The molecule has 2 fully saturated rings. The molecule has 1 aliphatic carbocycles. The van der Waals surface area contributed by atoms with Gasteiger partial charge >= 0.3 is 0 Å². The van der Waals surface area contributed by atoms with Gasteiger partial charge in [0.25, 0.3) is 0 Å². The van der Waals surface area contributed by atoms with Crippen molar-refractivity contribution in [2.24, 2.45) is 5.92 Å². The lowest BCUT2D eigenvalue weighted by Gasteiger charge is -2.28. The molecule has 144 valence electrons. The molecule has 1 aromatic rings. The summed E-state index contributed by atoms with van der Waals surface area (Å²) in [6.07, 6.45) is 10.8. The average Bonchev–Trinajstić information content (AvgIpc) is 3.17. The largest absolute Gasteiger partial charge is 0.356 e. The third-order valence-corrected chi connectivity index (χ3v) is 5.51. The molecule has 1 saturated carbocycles. The van der Waals surface area contributed by atoms with Crippen molar-refractivity contribution in [2.75, 3.05) is 36.4 Å². The fraction of sp³-hybridized carbons (Fsp3) is 0.750. The van der Waals surface area contributed by atoms with E-state index in [0.717, 1.165) is 36.9 Å². The second-order valence-corrected chi connectivity index (χ2v) is 7.70. The summed E-state index contributed by atoms with van der Waals surface area (Å²) in [5.41, 5.74) is 0.976. The minimum absolute atomic E-state index is 0.165. The van der Waals surface area contributed by atoms with Gasteiger partial charge in [-0.25, -0.2) is 4.98 Å². The molecule has 0 atom stereocenters. The molecular weight excluding hydrogens is 326 g/mol. The molecule has 0 aromatic carbocycles. The van der Waals surface area contributed by atoms with Crippen LogP contribution in [0.25, 0.3) is 0 Å². The lowest BCUT2D eigenvalue weighted by Crippen LogP contribution is -2.31. The fourth-order valence-corrected chi connectivity index (χ4v) is 4.01. The maximum absolute atomic E-state index is 11.9. The highest BCUT2D eigenvalue weighted by Crippen LogP contribution is 2.28. The molecule has 6 heteroatoms. The third-order valence-electron chi connectivity index (χ3n) is 5.51. The van der Waals surface area contributed by atoms with E-state index in [0.29, 0.717) is 25.5 Å². The van der Waals surface area contributed by atoms with E-state index in [4.69, 9.17) is 0 Å². The minimum atomic E-state index is 0.165. The first kappa shape index (κ1) is 18.9. The van der Waals surface area contributed by atoms with E-state index in [2.05, 4.69) is 31.6 Å². The highest BCUT2D eigenvalue weighted by molar-refractivity contribution is 5.75. The molecule has 0 spiro atoms. The second kappa shape index (κ2) is 9.74. The number of rotatable bonds is 8. The lowest BCUT2D eigenvalue weighted by molar-refractivity contribution is -0.121. The molecule has 1 aromatic heterocycles.